The third-order valence-corrected chi connectivity index (χ3v) is 10.5. The highest BCUT2D eigenvalue weighted by Gasteiger charge is 2.77. The lowest BCUT2D eigenvalue weighted by molar-refractivity contribution is -0.0583. The minimum absolute atomic E-state index is 0.0417. The SMILES string of the molecule is Cc1ccc(O)cc1CC[C@@H]1[C@@H](O)CC[C@@]2(C)[C@H]1C[C@H]1[C@@H]2C(C)C23O[C@@H]2C[C@H](C)CN13. The summed E-state index contributed by atoms with van der Waals surface area (Å²) in [5, 5.41) is 21.1. The zero-order valence-electron chi connectivity index (χ0n) is 19.6. The number of hydrogen-bond acceptors (Lipinski definition) is 4. The summed E-state index contributed by atoms with van der Waals surface area (Å²) in [4.78, 5) is 2.79. The first kappa shape index (κ1) is 20.5. The molecule has 31 heavy (non-hydrogen) atoms. The molecule has 0 radical (unpaired) electrons. The monoisotopic (exact) mass is 425 g/mol. The smallest absolute Gasteiger partial charge is 0.151 e. The van der Waals surface area contributed by atoms with Crippen LogP contribution in [0.15, 0.2) is 18.2 Å². The molecule has 5 fully saturated rings. The molecule has 1 aromatic carbocycles. The van der Waals surface area contributed by atoms with Gasteiger partial charge >= 0.3 is 0 Å². The highest BCUT2D eigenvalue weighted by molar-refractivity contribution is 5.34. The molecule has 3 saturated heterocycles. The number of ether oxygens (including phenoxy) is 1. The molecule has 6 rings (SSSR count). The molecule has 0 bridgehead atoms. The van der Waals surface area contributed by atoms with E-state index in [1.165, 1.54) is 30.5 Å². The number of hydrogen-bond donors (Lipinski definition) is 2. The fraction of sp³-hybridized carbons (Fsp3) is 0.778. The average molecular weight is 426 g/mol. The first-order valence-corrected chi connectivity index (χ1v) is 12.7. The number of aromatic hydroxyl groups is 1. The van der Waals surface area contributed by atoms with E-state index in [-0.39, 0.29) is 11.8 Å². The van der Waals surface area contributed by atoms with Gasteiger partial charge in [-0.15, -0.1) is 0 Å². The van der Waals surface area contributed by atoms with Crippen molar-refractivity contribution in [3.8, 4) is 5.75 Å². The number of phenols is 1. The summed E-state index contributed by atoms with van der Waals surface area (Å²) in [6.07, 6.45) is 6.75. The molecule has 10 atom stereocenters. The van der Waals surface area contributed by atoms with E-state index < -0.39 is 0 Å². The van der Waals surface area contributed by atoms with Gasteiger partial charge in [0.25, 0.3) is 0 Å². The lowest BCUT2D eigenvalue weighted by Crippen LogP contribution is -2.49. The number of epoxide rings is 1. The molecule has 2 unspecified atom stereocenters. The third-order valence-electron chi connectivity index (χ3n) is 10.5. The van der Waals surface area contributed by atoms with E-state index in [4.69, 9.17) is 4.74 Å². The molecule has 170 valence electrons. The predicted molar refractivity (Wildman–Crippen MR) is 121 cm³/mol. The summed E-state index contributed by atoms with van der Waals surface area (Å²) in [6, 6.07) is 6.32. The Balaban J connectivity index is 1.27. The van der Waals surface area contributed by atoms with E-state index in [1.54, 1.807) is 6.07 Å². The molecular formula is C27H39NO3. The number of rotatable bonds is 3. The van der Waals surface area contributed by atoms with Crippen LogP contribution in [0.5, 0.6) is 5.75 Å². The van der Waals surface area contributed by atoms with Crippen LogP contribution < -0.4 is 0 Å². The van der Waals surface area contributed by atoms with Gasteiger partial charge in [0.2, 0.25) is 0 Å². The minimum Gasteiger partial charge on any atom is -0.508 e. The van der Waals surface area contributed by atoms with Crippen LogP contribution in [0.2, 0.25) is 0 Å². The van der Waals surface area contributed by atoms with Crippen molar-refractivity contribution in [1.29, 1.82) is 0 Å². The molecule has 0 amide bonds. The number of fused-ring (bicyclic) bond motifs is 4. The Hall–Kier alpha value is -1.10. The van der Waals surface area contributed by atoms with Crippen molar-refractivity contribution in [2.75, 3.05) is 6.54 Å². The Morgan fingerprint density at radius 3 is 2.84 bits per heavy atom. The maximum Gasteiger partial charge on any atom is 0.151 e. The lowest BCUT2D eigenvalue weighted by atomic mass is 9.57. The van der Waals surface area contributed by atoms with Crippen LogP contribution in [0, 0.1) is 41.9 Å². The Morgan fingerprint density at radius 2 is 2.03 bits per heavy atom. The summed E-state index contributed by atoms with van der Waals surface area (Å²) in [5.41, 5.74) is 2.81. The molecule has 1 aromatic rings. The topological polar surface area (TPSA) is 56.2 Å². The zero-order chi connectivity index (χ0) is 21.7. The van der Waals surface area contributed by atoms with Gasteiger partial charge in [-0.2, -0.15) is 0 Å². The van der Waals surface area contributed by atoms with E-state index >= 15 is 0 Å². The molecule has 4 heteroatoms. The van der Waals surface area contributed by atoms with Gasteiger partial charge in [0.05, 0.1) is 6.10 Å². The van der Waals surface area contributed by atoms with Crippen LogP contribution in [-0.4, -0.2) is 45.6 Å². The average Bonchev–Trinajstić information content (AvgIpc) is 3.31. The number of nitrogens with zero attached hydrogens (tertiary/aromatic N) is 1. The first-order valence-electron chi connectivity index (χ1n) is 12.7. The Bertz CT molecular complexity index is 887. The molecular weight excluding hydrogens is 386 g/mol. The Morgan fingerprint density at radius 1 is 1.23 bits per heavy atom. The lowest BCUT2D eigenvalue weighted by Gasteiger charge is -2.48. The second-order valence-electron chi connectivity index (χ2n) is 12.0. The van der Waals surface area contributed by atoms with E-state index in [0.29, 0.717) is 47.0 Å². The van der Waals surface area contributed by atoms with Crippen molar-refractivity contribution < 1.29 is 14.9 Å². The number of piperidine rings is 1. The van der Waals surface area contributed by atoms with Gasteiger partial charge in [-0.25, -0.2) is 0 Å². The van der Waals surface area contributed by atoms with Crippen molar-refractivity contribution >= 4 is 0 Å². The largest absolute Gasteiger partial charge is 0.508 e. The molecule has 1 spiro atoms. The number of aliphatic hydroxyl groups is 1. The minimum atomic E-state index is -0.191. The molecule has 4 nitrogen and oxygen atoms in total. The normalized spacial score (nSPS) is 50.5. The van der Waals surface area contributed by atoms with Gasteiger partial charge in [-0.1, -0.05) is 26.8 Å². The number of aryl methyl sites for hydroxylation is 2. The highest BCUT2D eigenvalue weighted by atomic mass is 16.6. The van der Waals surface area contributed by atoms with Crippen LogP contribution in [-0.2, 0) is 11.2 Å². The van der Waals surface area contributed by atoms with Gasteiger partial charge in [0, 0.05) is 18.5 Å². The van der Waals surface area contributed by atoms with Gasteiger partial charge in [-0.05, 0) is 97.8 Å². The van der Waals surface area contributed by atoms with Gasteiger partial charge in [0.15, 0.2) is 5.72 Å². The van der Waals surface area contributed by atoms with Gasteiger partial charge < -0.3 is 14.9 Å². The van der Waals surface area contributed by atoms with Crippen LogP contribution in [0.4, 0.5) is 0 Å². The summed E-state index contributed by atoms with van der Waals surface area (Å²) in [6.45, 7) is 10.7. The summed E-state index contributed by atoms with van der Waals surface area (Å²) in [5.74, 6) is 3.28. The van der Waals surface area contributed by atoms with E-state index in [2.05, 4.69) is 32.6 Å². The Labute approximate surface area is 187 Å². The van der Waals surface area contributed by atoms with Crippen LogP contribution >= 0.6 is 0 Å². The van der Waals surface area contributed by atoms with Crippen molar-refractivity contribution in [1.82, 2.24) is 4.90 Å². The van der Waals surface area contributed by atoms with Crippen molar-refractivity contribution in [2.45, 2.75) is 90.2 Å². The van der Waals surface area contributed by atoms with Crippen LogP contribution in [0.3, 0.4) is 0 Å². The molecule has 3 heterocycles. The van der Waals surface area contributed by atoms with Gasteiger partial charge in [-0.3, -0.25) is 4.90 Å². The molecule has 5 aliphatic rings. The second kappa shape index (κ2) is 6.71. The van der Waals surface area contributed by atoms with E-state index in [1.807, 2.05) is 12.1 Å². The van der Waals surface area contributed by atoms with Crippen molar-refractivity contribution in [3.63, 3.8) is 0 Å². The molecule has 3 aliphatic heterocycles. The van der Waals surface area contributed by atoms with Gasteiger partial charge in [0.1, 0.15) is 11.9 Å². The fourth-order valence-corrected chi connectivity index (χ4v) is 9.08. The third kappa shape index (κ3) is 2.71. The zero-order valence-corrected chi connectivity index (χ0v) is 19.6. The van der Waals surface area contributed by atoms with Crippen molar-refractivity contribution in [2.24, 2.45) is 35.0 Å². The molecule has 0 aromatic heterocycles. The number of benzene rings is 1. The van der Waals surface area contributed by atoms with Crippen LogP contribution in [0.1, 0.15) is 64.0 Å². The standard InChI is InChI=1S/C27H39NO3/c1-15-11-24-27(31-24)17(3)25-22(28(27)14-15)13-21-20(23(30)9-10-26(21,25)4)8-6-18-12-19(29)7-5-16(18)2/h5,7,12,15,17,20-25,29-30H,6,8-11,13-14H2,1-4H3/t15-,17?,20-,21-,22-,23-,24+,25-,26-,27?/m0/s1. The van der Waals surface area contributed by atoms with Crippen LogP contribution in [0.25, 0.3) is 0 Å². The maximum absolute atomic E-state index is 11.1. The first-order chi connectivity index (χ1) is 14.8. The highest BCUT2D eigenvalue weighted by Crippen LogP contribution is 2.71. The van der Waals surface area contributed by atoms with E-state index in [0.717, 1.165) is 31.6 Å². The number of aliphatic hydroxyl groups excluding tert-OH is 1. The fourth-order valence-electron chi connectivity index (χ4n) is 9.08. The maximum atomic E-state index is 11.1. The van der Waals surface area contributed by atoms with E-state index in [9.17, 15) is 10.2 Å². The molecule has 2 aliphatic carbocycles. The summed E-state index contributed by atoms with van der Waals surface area (Å²) in [7, 11) is 0. The molecule has 2 saturated carbocycles. The quantitative estimate of drug-likeness (QED) is 0.700. The second-order valence-corrected chi connectivity index (χ2v) is 12.0. The van der Waals surface area contributed by atoms with Crippen molar-refractivity contribution in [3.05, 3.63) is 29.3 Å². The predicted octanol–water partition coefficient (Wildman–Crippen LogP) is 4.50. The summed E-state index contributed by atoms with van der Waals surface area (Å²) < 4.78 is 6.46. The number of phenolic OH excluding ortho intramolecular Hbond substituents is 1. The summed E-state index contributed by atoms with van der Waals surface area (Å²) >= 11 is 0. The Kier molecular flexibility index (Phi) is 4.44. The molecule has 2 N–H and O–H groups in total.